The van der Waals surface area contributed by atoms with Crippen LogP contribution in [0.4, 0.5) is 10.6 Å². The van der Waals surface area contributed by atoms with Crippen molar-refractivity contribution in [1.29, 1.82) is 0 Å². The van der Waals surface area contributed by atoms with Crippen LogP contribution in [0.2, 0.25) is 0 Å². The van der Waals surface area contributed by atoms with Gasteiger partial charge in [0.1, 0.15) is 23.4 Å². The van der Waals surface area contributed by atoms with Gasteiger partial charge in [0.2, 0.25) is 0 Å². The van der Waals surface area contributed by atoms with Crippen LogP contribution in [0.1, 0.15) is 39.7 Å². The molecule has 0 bridgehead atoms. The number of hydrogen-bond donors (Lipinski definition) is 1. The number of anilines is 1. The maximum atomic E-state index is 12.1. The molecule has 2 aromatic rings. The fraction of sp³-hybridized carbons (Fsp3) is 0.562. The van der Waals surface area contributed by atoms with E-state index in [1.165, 1.54) is 6.33 Å². The summed E-state index contributed by atoms with van der Waals surface area (Å²) >= 11 is 0. The lowest BCUT2D eigenvalue weighted by Gasteiger charge is -2.34. The van der Waals surface area contributed by atoms with Gasteiger partial charge in [-0.1, -0.05) is 0 Å². The molecule has 2 N–H and O–H groups in total. The molecule has 7 nitrogen and oxygen atoms in total. The van der Waals surface area contributed by atoms with Crippen molar-refractivity contribution in [3.8, 4) is 0 Å². The highest BCUT2D eigenvalue weighted by Crippen LogP contribution is 2.28. The van der Waals surface area contributed by atoms with Gasteiger partial charge in [0.25, 0.3) is 0 Å². The first-order valence-corrected chi connectivity index (χ1v) is 7.90. The molecule has 2 aromatic heterocycles. The minimum atomic E-state index is -0.459. The van der Waals surface area contributed by atoms with Crippen LogP contribution >= 0.6 is 0 Å². The molecular weight excluding hydrogens is 294 g/mol. The zero-order valence-electron chi connectivity index (χ0n) is 13.8. The largest absolute Gasteiger partial charge is 0.444 e. The summed E-state index contributed by atoms with van der Waals surface area (Å²) in [5.74, 6) is 0.500. The lowest BCUT2D eigenvalue weighted by Crippen LogP contribution is -2.42. The van der Waals surface area contributed by atoms with E-state index in [4.69, 9.17) is 10.5 Å². The van der Waals surface area contributed by atoms with Crippen LogP contribution in [0.3, 0.4) is 0 Å². The van der Waals surface area contributed by atoms with Gasteiger partial charge in [0.05, 0.1) is 5.39 Å². The van der Waals surface area contributed by atoms with Crippen molar-refractivity contribution < 1.29 is 9.53 Å². The SMILES string of the molecule is CC(C)(C)OC(=O)N1CCC(n2ccc3c(N)ncnc32)CC1. The second-order valence-electron chi connectivity index (χ2n) is 6.92. The Morgan fingerprint density at radius 2 is 2.00 bits per heavy atom. The number of carbonyl (C=O) groups is 1. The lowest BCUT2D eigenvalue weighted by molar-refractivity contribution is 0.0189. The van der Waals surface area contributed by atoms with Crippen molar-refractivity contribution in [2.24, 2.45) is 0 Å². The number of hydrogen-bond acceptors (Lipinski definition) is 5. The molecule has 1 saturated heterocycles. The fourth-order valence-electron chi connectivity index (χ4n) is 2.94. The number of fused-ring (bicyclic) bond motifs is 1. The monoisotopic (exact) mass is 317 g/mol. The van der Waals surface area contributed by atoms with E-state index in [0.717, 1.165) is 23.9 Å². The summed E-state index contributed by atoms with van der Waals surface area (Å²) in [7, 11) is 0. The van der Waals surface area contributed by atoms with E-state index in [0.29, 0.717) is 24.9 Å². The summed E-state index contributed by atoms with van der Waals surface area (Å²) in [6, 6.07) is 2.26. The Morgan fingerprint density at radius 3 is 2.65 bits per heavy atom. The molecule has 0 unspecified atom stereocenters. The van der Waals surface area contributed by atoms with Gasteiger partial charge in [-0.05, 0) is 39.7 Å². The van der Waals surface area contributed by atoms with Crippen LogP contribution in [0.25, 0.3) is 11.0 Å². The molecule has 23 heavy (non-hydrogen) atoms. The molecule has 1 aliphatic heterocycles. The zero-order valence-corrected chi connectivity index (χ0v) is 13.8. The van der Waals surface area contributed by atoms with Crippen molar-refractivity contribution in [1.82, 2.24) is 19.4 Å². The average molecular weight is 317 g/mol. The first-order valence-electron chi connectivity index (χ1n) is 7.90. The number of rotatable bonds is 1. The number of ether oxygens (including phenoxy) is 1. The molecule has 3 heterocycles. The molecular formula is C16H23N5O2. The first kappa shape index (κ1) is 15.6. The summed E-state index contributed by atoms with van der Waals surface area (Å²) in [6.07, 6.45) is 4.99. The van der Waals surface area contributed by atoms with E-state index in [1.54, 1.807) is 4.90 Å². The third-order valence-corrected chi connectivity index (χ3v) is 4.05. The predicted octanol–water partition coefficient (Wildman–Crippen LogP) is 2.59. The van der Waals surface area contributed by atoms with Gasteiger partial charge in [0, 0.05) is 25.3 Å². The molecule has 0 saturated carbocycles. The van der Waals surface area contributed by atoms with Crippen molar-refractivity contribution in [2.75, 3.05) is 18.8 Å². The van der Waals surface area contributed by atoms with Crippen molar-refractivity contribution >= 4 is 22.9 Å². The van der Waals surface area contributed by atoms with Crippen LogP contribution in [-0.4, -0.2) is 44.2 Å². The van der Waals surface area contributed by atoms with Gasteiger partial charge in [-0.15, -0.1) is 0 Å². The Bertz CT molecular complexity index is 711. The summed E-state index contributed by atoms with van der Waals surface area (Å²) in [5, 5.41) is 0.877. The van der Waals surface area contributed by atoms with Crippen LogP contribution in [0, 0.1) is 0 Å². The maximum absolute atomic E-state index is 12.1. The van der Waals surface area contributed by atoms with Crippen molar-refractivity contribution in [3.63, 3.8) is 0 Å². The number of nitrogen functional groups attached to an aromatic ring is 1. The minimum absolute atomic E-state index is 0.236. The van der Waals surface area contributed by atoms with Gasteiger partial charge in [0.15, 0.2) is 0 Å². The fourth-order valence-corrected chi connectivity index (χ4v) is 2.94. The highest BCUT2D eigenvalue weighted by Gasteiger charge is 2.28. The van der Waals surface area contributed by atoms with Crippen LogP contribution in [-0.2, 0) is 4.74 Å². The van der Waals surface area contributed by atoms with Gasteiger partial charge >= 0.3 is 6.09 Å². The molecule has 7 heteroatoms. The molecule has 0 radical (unpaired) electrons. The smallest absolute Gasteiger partial charge is 0.410 e. The van der Waals surface area contributed by atoms with Crippen molar-refractivity contribution in [2.45, 2.75) is 45.3 Å². The van der Waals surface area contributed by atoms with E-state index < -0.39 is 5.60 Å². The molecule has 0 aliphatic carbocycles. The van der Waals surface area contributed by atoms with E-state index >= 15 is 0 Å². The van der Waals surface area contributed by atoms with Crippen LogP contribution < -0.4 is 5.73 Å². The quantitative estimate of drug-likeness (QED) is 0.873. The number of nitrogens with two attached hydrogens (primary N) is 1. The summed E-state index contributed by atoms with van der Waals surface area (Å²) in [4.78, 5) is 22.3. The summed E-state index contributed by atoms with van der Waals surface area (Å²) in [5.41, 5.74) is 6.28. The van der Waals surface area contributed by atoms with Gasteiger partial charge in [-0.2, -0.15) is 0 Å². The molecule has 1 amide bonds. The number of carbonyl (C=O) groups excluding carboxylic acids is 1. The molecule has 0 atom stereocenters. The standard InChI is InChI=1S/C16H23N5O2/c1-16(2,3)23-15(22)20-7-4-11(5-8-20)21-9-6-12-13(17)18-10-19-14(12)21/h6,9-11H,4-5,7-8H2,1-3H3,(H2,17,18,19). The first-order chi connectivity index (χ1) is 10.8. The number of nitrogens with zero attached hydrogens (tertiary/aromatic N) is 4. The molecule has 0 aromatic carbocycles. The van der Waals surface area contributed by atoms with E-state index in [-0.39, 0.29) is 6.09 Å². The summed E-state index contributed by atoms with van der Waals surface area (Å²) < 4.78 is 7.57. The summed E-state index contributed by atoms with van der Waals surface area (Å²) in [6.45, 7) is 7.01. The Balaban J connectivity index is 1.69. The van der Waals surface area contributed by atoms with Crippen molar-refractivity contribution in [3.05, 3.63) is 18.6 Å². The highest BCUT2D eigenvalue weighted by atomic mass is 16.6. The van der Waals surface area contributed by atoms with E-state index in [9.17, 15) is 4.79 Å². The molecule has 1 fully saturated rings. The normalized spacial score (nSPS) is 16.7. The van der Waals surface area contributed by atoms with Crippen LogP contribution in [0.15, 0.2) is 18.6 Å². The van der Waals surface area contributed by atoms with E-state index in [1.807, 2.05) is 33.0 Å². The highest BCUT2D eigenvalue weighted by molar-refractivity contribution is 5.86. The molecule has 124 valence electrons. The predicted molar refractivity (Wildman–Crippen MR) is 88.0 cm³/mol. The lowest BCUT2D eigenvalue weighted by atomic mass is 10.1. The zero-order chi connectivity index (χ0) is 16.6. The Hall–Kier alpha value is -2.31. The van der Waals surface area contributed by atoms with Gasteiger partial charge in [-0.3, -0.25) is 0 Å². The maximum Gasteiger partial charge on any atom is 0.410 e. The number of piperidine rings is 1. The number of likely N-dealkylation sites (tertiary alicyclic amines) is 1. The number of aromatic nitrogens is 3. The van der Waals surface area contributed by atoms with Gasteiger partial charge < -0.3 is 19.9 Å². The third-order valence-electron chi connectivity index (χ3n) is 4.05. The minimum Gasteiger partial charge on any atom is -0.444 e. The Labute approximate surface area is 135 Å². The second kappa shape index (κ2) is 5.72. The van der Waals surface area contributed by atoms with E-state index in [2.05, 4.69) is 14.5 Å². The Morgan fingerprint density at radius 1 is 1.30 bits per heavy atom. The molecule has 1 aliphatic rings. The Kier molecular flexibility index (Phi) is 3.87. The van der Waals surface area contributed by atoms with Crippen LogP contribution in [0.5, 0.6) is 0 Å². The van der Waals surface area contributed by atoms with Gasteiger partial charge in [-0.25, -0.2) is 14.8 Å². The molecule has 3 rings (SSSR count). The average Bonchev–Trinajstić information content (AvgIpc) is 2.91. The number of amides is 1. The topological polar surface area (TPSA) is 86.3 Å². The second-order valence-corrected chi connectivity index (χ2v) is 6.92. The molecule has 0 spiro atoms. The third kappa shape index (κ3) is 3.23.